The second-order valence-corrected chi connectivity index (χ2v) is 7.28. The van der Waals surface area contributed by atoms with E-state index in [-0.39, 0.29) is 0 Å². The summed E-state index contributed by atoms with van der Waals surface area (Å²) in [6.45, 7) is 5.03. The Morgan fingerprint density at radius 3 is 1.47 bits per heavy atom. The maximum Gasteiger partial charge on any atom is 0.125 e. The fourth-order valence-corrected chi connectivity index (χ4v) is 3.26. The van der Waals surface area contributed by atoms with Crippen LogP contribution in [0.4, 0.5) is 0 Å². The largest absolute Gasteiger partial charge is 0.411 e. The van der Waals surface area contributed by atoms with Crippen LogP contribution in [0.2, 0.25) is 0 Å². The van der Waals surface area contributed by atoms with Crippen molar-refractivity contribution >= 4 is 6.21 Å². The highest BCUT2D eigenvalue weighted by Crippen LogP contribution is 2.18. The van der Waals surface area contributed by atoms with Crippen LogP contribution in [0.5, 0.6) is 0 Å². The van der Waals surface area contributed by atoms with Crippen molar-refractivity contribution < 1.29 is 19.4 Å². The minimum Gasteiger partial charge on any atom is -0.411 e. The summed E-state index contributed by atoms with van der Waals surface area (Å²) >= 11 is 0. The molecule has 0 radical (unpaired) electrons. The van der Waals surface area contributed by atoms with Gasteiger partial charge in [0.25, 0.3) is 0 Å². The molecule has 3 aromatic rings. The fourth-order valence-electron chi connectivity index (χ4n) is 3.26. The van der Waals surface area contributed by atoms with Gasteiger partial charge in [-0.15, -0.1) is 6.58 Å². The highest BCUT2D eigenvalue weighted by molar-refractivity contribution is 5.63. The summed E-state index contributed by atoms with van der Waals surface area (Å²) in [5.74, 6) is 0. The average molecular weight is 432 g/mol. The Bertz CT molecular complexity index is 932. The van der Waals surface area contributed by atoms with Gasteiger partial charge in [0.2, 0.25) is 0 Å². The van der Waals surface area contributed by atoms with Crippen molar-refractivity contribution in [2.75, 3.05) is 0 Å². The van der Waals surface area contributed by atoms with Crippen LogP contribution in [-0.2, 0) is 34.0 Å². The van der Waals surface area contributed by atoms with E-state index in [1.165, 1.54) is 6.21 Å². The van der Waals surface area contributed by atoms with Gasteiger partial charge in [0.05, 0.1) is 26.0 Å². The fraction of sp³-hybridized carbons (Fsp3) is 0.222. The molecule has 1 N–H and O–H groups in total. The standard InChI is InChI=1S/C27H29NO4/c1-2-25(30-19-22-12-6-3-7-13-22)27(32-21-24-16-10-5-11-17-24)26(18-28-29)31-20-23-14-8-4-9-15-23/h2-18,25-27,29H,1,19-21H2/b28-18+/t25-,26+,27+/m1/s1. The second kappa shape index (κ2) is 13.2. The van der Waals surface area contributed by atoms with Crippen molar-refractivity contribution in [2.24, 2.45) is 5.16 Å². The van der Waals surface area contributed by atoms with Gasteiger partial charge in [0.15, 0.2) is 0 Å². The molecule has 0 amide bonds. The van der Waals surface area contributed by atoms with Crippen molar-refractivity contribution in [3.05, 3.63) is 120 Å². The number of nitrogens with zero attached hydrogens (tertiary/aromatic N) is 1. The maximum atomic E-state index is 9.30. The summed E-state index contributed by atoms with van der Waals surface area (Å²) in [4.78, 5) is 0. The molecule has 0 bridgehead atoms. The summed E-state index contributed by atoms with van der Waals surface area (Å²) in [7, 11) is 0. The molecule has 166 valence electrons. The number of ether oxygens (including phenoxy) is 3. The minimum atomic E-state index is -0.650. The van der Waals surface area contributed by atoms with Crippen LogP contribution >= 0.6 is 0 Å². The lowest BCUT2D eigenvalue weighted by molar-refractivity contribution is -0.116. The highest BCUT2D eigenvalue weighted by atomic mass is 16.6. The number of benzene rings is 3. The molecule has 0 heterocycles. The van der Waals surface area contributed by atoms with Crippen LogP contribution in [0, 0.1) is 0 Å². The van der Waals surface area contributed by atoms with E-state index in [4.69, 9.17) is 14.2 Å². The zero-order valence-corrected chi connectivity index (χ0v) is 18.0. The molecular formula is C27H29NO4. The molecular weight excluding hydrogens is 402 g/mol. The van der Waals surface area contributed by atoms with Crippen LogP contribution in [0.1, 0.15) is 16.7 Å². The molecule has 0 unspecified atom stereocenters. The lowest BCUT2D eigenvalue weighted by Gasteiger charge is -2.30. The Hall–Kier alpha value is -3.25. The van der Waals surface area contributed by atoms with Crippen molar-refractivity contribution in [3.63, 3.8) is 0 Å². The van der Waals surface area contributed by atoms with Crippen LogP contribution in [0.15, 0.2) is 109 Å². The summed E-state index contributed by atoms with van der Waals surface area (Å²) in [6, 6.07) is 29.6. The molecule has 0 saturated carbocycles. The molecule has 3 aromatic carbocycles. The van der Waals surface area contributed by atoms with Gasteiger partial charge in [-0.2, -0.15) is 0 Å². The van der Waals surface area contributed by atoms with Gasteiger partial charge in [-0.05, 0) is 16.7 Å². The van der Waals surface area contributed by atoms with E-state index in [9.17, 15) is 5.21 Å². The summed E-state index contributed by atoms with van der Waals surface area (Å²) < 4.78 is 18.5. The Morgan fingerprint density at radius 1 is 0.656 bits per heavy atom. The number of rotatable bonds is 13. The van der Waals surface area contributed by atoms with E-state index < -0.39 is 18.3 Å². The zero-order valence-electron chi connectivity index (χ0n) is 18.0. The van der Waals surface area contributed by atoms with Crippen molar-refractivity contribution in [1.29, 1.82) is 0 Å². The lowest BCUT2D eigenvalue weighted by atomic mass is 10.1. The van der Waals surface area contributed by atoms with Crippen molar-refractivity contribution in [3.8, 4) is 0 Å². The Balaban J connectivity index is 1.75. The number of hydrogen-bond donors (Lipinski definition) is 1. The molecule has 0 aliphatic rings. The third-order valence-electron chi connectivity index (χ3n) is 4.95. The van der Waals surface area contributed by atoms with Gasteiger partial charge in [0.1, 0.15) is 18.3 Å². The molecule has 0 aromatic heterocycles. The summed E-state index contributed by atoms with van der Waals surface area (Å²) in [6.07, 6.45) is 1.32. The smallest absolute Gasteiger partial charge is 0.125 e. The van der Waals surface area contributed by atoms with Gasteiger partial charge in [0, 0.05) is 0 Å². The predicted molar refractivity (Wildman–Crippen MR) is 126 cm³/mol. The molecule has 3 atom stereocenters. The van der Waals surface area contributed by atoms with E-state index in [0.717, 1.165) is 16.7 Å². The normalized spacial score (nSPS) is 14.1. The SMILES string of the molecule is C=C[C@@H](OCc1ccccc1)[C@H](OCc1ccccc1)[C@H](/C=N/O)OCc1ccccc1. The lowest BCUT2D eigenvalue weighted by Crippen LogP contribution is -2.42. The first-order valence-electron chi connectivity index (χ1n) is 10.6. The second-order valence-electron chi connectivity index (χ2n) is 7.28. The number of oxime groups is 1. The topological polar surface area (TPSA) is 60.3 Å². The van der Waals surface area contributed by atoms with E-state index in [0.29, 0.717) is 19.8 Å². The number of hydrogen-bond acceptors (Lipinski definition) is 5. The molecule has 0 fully saturated rings. The third-order valence-corrected chi connectivity index (χ3v) is 4.95. The predicted octanol–water partition coefficient (Wildman–Crippen LogP) is 5.39. The van der Waals surface area contributed by atoms with Crippen LogP contribution in [0.25, 0.3) is 0 Å². The Kier molecular flexibility index (Phi) is 9.68. The molecule has 32 heavy (non-hydrogen) atoms. The first kappa shape index (κ1) is 23.4. The van der Waals surface area contributed by atoms with E-state index in [2.05, 4.69) is 11.7 Å². The van der Waals surface area contributed by atoms with Crippen LogP contribution in [0.3, 0.4) is 0 Å². The molecule has 3 rings (SSSR count). The monoisotopic (exact) mass is 431 g/mol. The first-order valence-corrected chi connectivity index (χ1v) is 10.6. The van der Waals surface area contributed by atoms with E-state index >= 15 is 0 Å². The van der Waals surface area contributed by atoms with Crippen LogP contribution in [-0.4, -0.2) is 29.7 Å². The van der Waals surface area contributed by atoms with Gasteiger partial charge in [-0.25, -0.2) is 0 Å². The van der Waals surface area contributed by atoms with Gasteiger partial charge < -0.3 is 19.4 Å². The molecule has 0 saturated heterocycles. The highest BCUT2D eigenvalue weighted by Gasteiger charge is 2.30. The molecule has 5 heteroatoms. The average Bonchev–Trinajstić information content (AvgIpc) is 2.86. The van der Waals surface area contributed by atoms with Crippen molar-refractivity contribution in [1.82, 2.24) is 0 Å². The molecule has 0 aliphatic heterocycles. The van der Waals surface area contributed by atoms with E-state index in [1.54, 1.807) is 6.08 Å². The third kappa shape index (κ3) is 7.46. The quantitative estimate of drug-likeness (QED) is 0.171. The minimum absolute atomic E-state index is 0.339. The van der Waals surface area contributed by atoms with Crippen molar-refractivity contribution in [2.45, 2.75) is 38.1 Å². The Labute approximate surface area is 189 Å². The summed E-state index contributed by atoms with van der Waals surface area (Å²) in [5, 5.41) is 12.5. The van der Waals surface area contributed by atoms with Gasteiger partial charge in [-0.3, -0.25) is 0 Å². The Morgan fingerprint density at radius 2 is 1.06 bits per heavy atom. The van der Waals surface area contributed by atoms with Gasteiger partial charge >= 0.3 is 0 Å². The molecule has 0 aliphatic carbocycles. The van der Waals surface area contributed by atoms with Crippen LogP contribution < -0.4 is 0 Å². The molecule has 5 nitrogen and oxygen atoms in total. The van der Waals surface area contributed by atoms with Gasteiger partial charge in [-0.1, -0.05) is 102 Å². The first-order chi connectivity index (χ1) is 15.8. The summed E-state index contributed by atoms with van der Waals surface area (Å²) in [5.41, 5.74) is 3.07. The zero-order chi connectivity index (χ0) is 22.4. The maximum absolute atomic E-state index is 9.30. The molecule has 0 spiro atoms. The van der Waals surface area contributed by atoms with E-state index in [1.807, 2.05) is 91.0 Å².